The first-order valence-electron chi connectivity index (χ1n) is 6.44. The predicted molar refractivity (Wildman–Crippen MR) is 77.7 cm³/mol. The Kier molecular flexibility index (Phi) is 4.47. The van der Waals surface area contributed by atoms with E-state index in [4.69, 9.17) is 0 Å². The number of unbranched alkanes of at least 4 members (excludes halogenated alkanes) is 1. The van der Waals surface area contributed by atoms with Gasteiger partial charge in [-0.25, -0.2) is 0 Å². The number of thioether (sulfide) groups is 1. The number of carbonyl (C=O) groups is 2. The van der Waals surface area contributed by atoms with Crippen molar-refractivity contribution >= 4 is 29.3 Å². The molecule has 0 aliphatic carbocycles. The Morgan fingerprint density at radius 3 is 3.00 bits per heavy atom. The highest BCUT2D eigenvalue weighted by Crippen LogP contribution is 2.32. The van der Waals surface area contributed by atoms with Crippen LogP contribution in [-0.4, -0.2) is 36.1 Å². The van der Waals surface area contributed by atoms with E-state index in [-0.39, 0.29) is 11.8 Å². The summed E-state index contributed by atoms with van der Waals surface area (Å²) in [6.07, 6.45) is 2.06. The number of amides is 2. The van der Waals surface area contributed by atoms with E-state index in [2.05, 4.69) is 12.2 Å². The first-order valence-corrected chi connectivity index (χ1v) is 7.42. The molecule has 2 amide bonds. The topological polar surface area (TPSA) is 49.4 Å². The van der Waals surface area contributed by atoms with Crippen molar-refractivity contribution < 1.29 is 9.59 Å². The molecule has 0 bridgehead atoms. The molecule has 1 aromatic rings. The van der Waals surface area contributed by atoms with Gasteiger partial charge >= 0.3 is 0 Å². The van der Waals surface area contributed by atoms with E-state index in [1.165, 1.54) is 11.8 Å². The zero-order valence-corrected chi connectivity index (χ0v) is 12.0. The van der Waals surface area contributed by atoms with Crippen LogP contribution in [0.25, 0.3) is 0 Å². The van der Waals surface area contributed by atoms with Crippen LogP contribution in [0.3, 0.4) is 0 Å². The predicted octanol–water partition coefficient (Wildman–Crippen LogP) is 2.60. The van der Waals surface area contributed by atoms with Gasteiger partial charge in [0, 0.05) is 24.1 Å². The van der Waals surface area contributed by atoms with Crippen LogP contribution in [0.1, 0.15) is 30.1 Å². The normalized spacial score (nSPS) is 13.7. The maximum atomic E-state index is 12.2. The van der Waals surface area contributed by atoms with Gasteiger partial charge < -0.3 is 10.2 Å². The number of carbonyl (C=O) groups excluding carboxylic acids is 2. The number of rotatable bonds is 4. The van der Waals surface area contributed by atoms with Crippen LogP contribution in [0.4, 0.5) is 5.69 Å². The van der Waals surface area contributed by atoms with E-state index in [0.717, 1.165) is 30.0 Å². The maximum Gasteiger partial charge on any atom is 0.253 e. The lowest BCUT2D eigenvalue weighted by atomic mass is 10.1. The van der Waals surface area contributed by atoms with E-state index < -0.39 is 0 Å². The third-order valence-corrected chi connectivity index (χ3v) is 4.13. The van der Waals surface area contributed by atoms with Crippen molar-refractivity contribution in [3.05, 3.63) is 23.8 Å². The molecule has 1 aliphatic rings. The monoisotopic (exact) mass is 278 g/mol. The second kappa shape index (κ2) is 6.10. The maximum absolute atomic E-state index is 12.2. The van der Waals surface area contributed by atoms with Gasteiger partial charge in [0.05, 0.1) is 11.4 Å². The lowest BCUT2D eigenvalue weighted by Gasteiger charge is -2.20. The molecule has 1 aromatic carbocycles. The molecular formula is C14H18N2O2S. The van der Waals surface area contributed by atoms with Crippen molar-refractivity contribution in [1.82, 2.24) is 4.90 Å². The summed E-state index contributed by atoms with van der Waals surface area (Å²) >= 11 is 1.50. The molecule has 19 heavy (non-hydrogen) atoms. The minimum atomic E-state index is -0.0126. The molecule has 0 unspecified atom stereocenters. The standard InChI is InChI=1S/C14H18N2O2S/c1-3-4-7-16(2)14(18)10-5-6-12-11(8-10)15-13(17)9-19-12/h5-6,8H,3-4,7,9H2,1-2H3,(H,15,17). The van der Waals surface area contributed by atoms with Gasteiger partial charge in [-0.3, -0.25) is 9.59 Å². The molecule has 0 spiro atoms. The smallest absolute Gasteiger partial charge is 0.253 e. The molecular weight excluding hydrogens is 260 g/mol. The van der Waals surface area contributed by atoms with E-state index in [0.29, 0.717) is 11.3 Å². The number of nitrogens with one attached hydrogen (secondary N) is 1. The van der Waals surface area contributed by atoms with Gasteiger partial charge in [0.1, 0.15) is 0 Å². The van der Waals surface area contributed by atoms with Crippen LogP contribution in [0.2, 0.25) is 0 Å². The average molecular weight is 278 g/mol. The van der Waals surface area contributed by atoms with Gasteiger partial charge in [-0.1, -0.05) is 13.3 Å². The van der Waals surface area contributed by atoms with Crippen LogP contribution >= 0.6 is 11.8 Å². The molecule has 0 saturated carbocycles. The summed E-state index contributed by atoms with van der Waals surface area (Å²) in [5.74, 6) is 0.430. The largest absolute Gasteiger partial charge is 0.342 e. The highest BCUT2D eigenvalue weighted by molar-refractivity contribution is 8.00. The third kappa shape index (κ3) is 3.29. The van der Waals surface area contributed by atoms with Crippen LogP contribution < -0.4 is 5.32 Å². The Balaban J connectivity index is 2.15. The Hall–Kier alpha value is -1.49. The van der Waals surface area contributed by atoms with Crippen LogP contribution in [0.5, 0.6) is 0 Å². The average Bonchev–Trinajstić information content (AvgIpc) is 2.43. The summed E-state index contributed by atoms with van der Waals surface area (Å²) in [6.45, 7) is 2.86. The fraction of sp³-hybridized carbons (Fsp3) is 0.429. The zero-order valence-electron chi connectivity index (χ0n) is 11.2. The number of hydrogen-bond donors (Lipinski definition) is 1. The second-order valence-corrected chi connectivity index (χ2v) is 5.65. The van der Waals surface area contributed by atoms with Crippen molar-refractivity contribution in [2.45, 2.75) is 24.7 Å². The van der Waals surface area contributed by atoms with Crippen molar-refractivity contribution in [1.29, 1.82) is 0 Å². The molecule has 0 fully saturated rings. The summed E-state index contributed by atoms with van der Waals surface area (Å²) in [6, 6.07) is 5.50. The highest BCUT2D eigenvalue weighted by Gasteiger charge is 2.18. The SMILES string of the molecule is CCCCN(C)C(=O)c1ccc2c(c1)NC(=O)CS2. The quantitative estimate of drug-likeness (QED) is 0.921. The molecule has 4 nitrogen and oxygen atoms in total. The number of nitrogens with zero attached hydrogens (tertiary/aromatic N) is 1. The van der Waals surface area contributed by atoms with Crippen molar-refractivity contribution in [2.75, 3.05) is 24.7 Å². The lowest BCUT2D eigenvalue weighted by Crippen LogP contribution is -2.28. The molecule has 102 valence electrons. The molecule has 5 heteroatoms. The molecule has 1 N–H and O–H groups in total. The summed E-state index contributed by atoms with van der Waals surface area (Å²) in [5, 5.41) is 2.81. The Morgan fingerprint density at radius 2 is 2.26 bits per heavy atom. The molecule has 0 atom stereocenters. The summed E-state index contributed by atoms with van der Waals surface area (Å²) in [5.41, 5.74) is 1.37. The van der Waals surface area contributed by atoms with E-state index in [1.54, 1.807) is 11.0 Å². The number of fused-ring (bicyclic) bond motifs is 1. The van der Waals surface area contributed by atoms with Gasteiger partial charge in [0.25, 0.3) is 5.91 Å². The molecule has 0 radical (unpaired) electrons. The van der Waals surface area contributed by atoms with Gasteiger partial charge in [-0.15, -0.1) is 11.8 Å². The zero-order chi connectivity index (χ0) is 13.8. The second-order valence-electron chi connectivity index (χ2n) is 4.63. The van der Waals surface area contributed by atoms with Crippen molar-refractivity contribution in [3.8, 4) is 0 Å². The van der Waals surface area contributed by atoms with E-state index in [9.17, 15) is 9.59 Å². The minimum absolute atomic E-state index is 0.000993. The van der Waals surface area contributed by atoms with Crippen molar-refractivity contribution in [3.63, 3.8) is 0 Å². The first-order chi connectivity index (χ1) is 9.11. The van der Waals surface area contributed by atoms with Crippen LogP contribution in [0.15, 0.2) is 23.1 Å². The molecule has 1 aliphatic heterocycles. The Bertz CT molecular complexity index is 502. The Labute approximate surface area is 117 Å². The van der Waals surface area contributed by atoms with E-state index >= 15 is 0 Å². The fourth-order valence-corrected chi connectivity index (χ4v) is 2.72. The minimum Gasteiger partial charge on any atom is -0.342 e. The summed E-state index contributed by atoms with van der Waals surface area (Å²) < 4.78 is 0. The van der Waals surface area contributed by atoms with E-state index in [1.807, 2.05) is 19.2 Å². The number of benzene rings is 1. The van der Waals surface area contributed by atoms with Crippen molar-refractivity contribution in [2.24, 2.45) is 0 Å². The van der Waals surface area contributed by atoms with Gasteiger partial charge in [-0.05, 0) is 24.6 Å². The number of hydrogen-bond acceptors (Lipinski definition) is 3. The van der Waals surface area contributed by atoms with Crippen LogP contribution in [-0.2, 0) is 4.79 Å². The molecule has 0 aromatic heterocycles. The van der Waals surface area contributed by atoms with Gasteiger partial charge in [0.15, 0.2) is 0 Å². The molecule has 2 rings (SSSR count). The van der Waals surface area contributed by atoms with Crippen LogP contribution in [0, 0.1) is 0 Å². The first kappa shape index (κ1) is 13.9. The number of anilines is 1. The third-order valence-electron chi connectivity index (χ3n) is 3.05. The van der Waals surface area contributed by atoms with Gasteiger partial charge in [0.2, 0.25) is 5.91 Å². The molecule has 0 saturated heterocycles. The lowest BCUT2D eigenvalue weighted by molar-refractivity contribution is -0.113. The molecule has 1 heterocycles. The van der Waals surface area contributed by atoms with Gasteiger partial charge in [-0.2, -0.15) is 0 Å². The Morgan fingerprint density at radius 1 is 1.47 bits per heavy atom. The summed E-state index contributed by atoms with van der Waals surface area (Å²) in [4.78, 5) is 26.3. The summed E-state index contributed by atoms with van der Waals surface area (Å²) in [7, 11) is 1.81. The highest BCUT2D eigenvalue weighted by atomic mass is 32.2. The fourth-order valence-electron chi connectivity index (χ4n) is 1.93.